The van der Waals surface area contributed by atoms with E-state index < -0.39 is 11.7 Å². The molecule has 6 nitrogen and oxygen atoms in total. The predicted octanol–water partition coefficient (Wildman–Crippen LogP) is 1.59. The molecule has 0 heterocycles. The summed E-state index contributed by atoms with van der Waals surface area (Å²) in [4.78, 5) is 0. The second-order valence-electron chi connectivity index (χ2n) is 6.59. The van der Waals surface area contributed by atoms with E-state index in [-0.39, 0.29) is 26.4 Å². The van der Waals surface area contributed by atoms with Crippen LogP contribution in [0.3, 0.4) is 0 Å². The summed E-state index contributed by atoms with van der Waals surface area (Å²) in [7, 11) is 0. The lowest BCUT2D eigenvalue weighted by molar-refractivity contribution is 0.0249. The van der Waals surface area contributed by atoms with Crippen molar-refractivity contribution < 1.29 is 30.6 Å². The molecular formula is C18H42O6. The van der Waals surface area contributed by atoms with Crippen LogP contribution >= 0.6 is 0 Å². The molecule has 0 aliphatic carbocycles. The molecule has 6 heteroatoms. The largest absolute Gasteiger partial charge is 0.396 e. The zero-order valence-electron chi connectivity index (χ0n) is 16.0. The molecule has 0 aromatic rings. The van der Waals surface area contributed by atoms with Gasteiger partial charge in [-0.25, -0.2) is 0 Å². The fourth-order valence-electron chi connectivity index (χ4n) is 1.88. The molecule has 1 atom stereocenters. The number of rotatable bonds is 12. The summed E-state index contributed by atoms with van der Waals surface area (Å²) < 4.78 is 0. The number of aliphatic hydroxyl groups excluding tert-OH is 5. The van der Waals surface area contributed by atoms with Gasteiger partial charge in [0.15, 0.2) is 0 Å². The Morgan fingerprint density at radius 2 is 0.875 bits per heavy atom. The SMILES string of the molecule is CC(O)CC(C)(C)O.OCCCCCCO.OCCCCCCO. The van der Waals surface area contributed by atoms with Crippen molar-refractivity contribution in [2.45, 2.75) is 90.3 Å². The molecule has 0 rings (SSSR count). The zero-order chi connectivity index (χ0) is 19.3. The molecule has 1 unspecified atom stereocenters. The zero-order valence-corrected chi connectivity index (χ0v) is 16.0. The van der Waals surface area contributed by atoms with Gasteiger partial charge in [0, 0.05) is 32.8 Å². The van der Waals surface area contributed by atoms with Crippen LogP contribution in [0.4, 0.5) is 0 Å². The standard InChI is InChI=1S/3C6H14O2/c1-5(7)4-6(2,3)8;2*7-5-3-1-2-4-6-8/h5,7-8H,4H2,1-3H3;2*7-8H,1-6H2. The Morgan fingerprint density at radius 3 is 0.958 bits per heavy atom. The van der Waals surface area contributed by atoms with E-state index in [9.17, 15) is 0 Å². The van der Waals surface area contributed by atoms with Crippen LogP contribution in [0.1, 0.15) is 78.6 Å². The van der Waals surface area contributed by atoms with E-state index in [0.29, 0.717) is 6.42 Å². The molecule has 0 aliphatic rings. The van der Waals surface area contributed by atoms with E-state index in [2.05, 4.69) is 0 Å². The number of aliphatic hydroxyl groups is 6. The highest BCUT2D eigenvalue weighted by Crippen LogP contribution is 2.09. The Hall–Kier alpha value is -0.240. The third kappa shape index (κ3) is 43.0. The van der Waals surface area contributed by atoms with Crippen LogP contribution in [0.15, 0.2) is 0 Å². The fraction of sp³-hybridized carbons (Fsp3) is 1.00. The van der Waals surface area contributed by atoms with Gasteiger partial charge in [-0.15, -0.1) is 0 Å². The van der Waals surface area contributed by atoms with Gasteiger partial charge >= 0.3 is 0 Å². The molecule has 0 amide bonds. The topological polar surface area (TPSA) is 121 Å². The van der Waals surface area contributed by atoms with Crippen molar-refractivity contribution in [2.24, 2.45) is 0 Å². The molecule has 0 aliphatic heterocycles. The van der Waals surface area contributed by atoms with Crippen molar-refractivity contribution >= 4 is 0 Å². The third-order valence-electron chi connectivity index (χ3n) is 2.93. The Morgan fingerprint density at radius 1 is 0.625 bits per heavy atom. The molecule has 0 saturated heterocycles. The third-order valence-corrected chi connectivity index (χ3v) is 2.93. The monoisotopic (exact) mass is 354 g/mol. The maximum atomic E-state index is 9.03. The first-order chi connectivity index (χ1) is 11.2. The maximum absolute atomic E-state index is 9.03. The second-order valence-corrected chi connectivity index (χ2v) is 6.59. The predicted molar refractivity (Wildman–Crippen MR) is 97.9 cm³/mol. The van der Waals surface area contributed by atoms with Gasteiger partial charge in [-0.05, 0) is 46.5 Å². The fourth-order valence-corrected chi connectivity index (χ4v) is 1.88. The minimum absolute atomic E-state index is 0.283. The number of hydrogen-bond acceptors (Lipinski definition) is 6. The number of hydrogen-bond donors (Lipinski definition) is 6. The average Bonchev–Trinajstić information content (AvgIpc) is 2.47. The van der Waals surface area contributed by atoms with Crippen LogP contribution in [0.25, 0.3) is 0 Å². The van der Waals surface area contributed by atoms with Crippen molar-refractivity contribution in [1.29, 1.82) is 0 Å². The molecule has 6 N–H and O–H groups in total. The van der Waals surface area contributed by atoms with E-state index in [0.717, 1.165) is 51.4 Å². The normalized spacial score (nSPS) is 11.9. The van der Waals surface area contributed by atoms with E-state index in [1.54, 1.807) is 20.8 Å². The van der Waals surface area contributed by atoms with E-state index in [4.69, 9.17) is 30.6 Å². The van der Waals surface area contributed by atoms with Gasteiger partial charge in [-0.2, -0.15) is 0 Å². The Balaban J connectivity index is -0.000000276. The Kier molecular flexibility index (Phi) is 27.1. The van der Waals surface area contributed by atoms with Crippen LogP contribution < -0.4 is 0 Å². The second kappa shape index (κ2) is 22.8. The van der Waals surface area contributed by atoms with Gasteiger partial charge in [0.1, 0.15) is 0 Å². The summed E-state index contributed by atoms with van der Waals surface area (Å²) in [5, 5.41) is 51.0. The molecule has 24 heavy (non-hydrogen) atoms. The lowest BCUT2D eigenvalue weighted by Gasteiger charge is -2.17. The summed E-state index contributed by atoms with van der Waals surface area (Å²) in [6, 6.07) is 0. The maximum Gasteiger partial charge on any atom is 0.0616 e. The first-order valence-electron chi connectivity index (χ1n) is 9.09. The van der Waals surface area contributed by atoms with Crippen LogP contribution in [-0.4, -0.2) is 68.8 Å². The molecule has 0 radical (unpaired) electrons. The Labute approximate surface area is 148 Å². The van der Waals surface area contributed by atoms with Crippen LogP contribution in [0.2, 0.25) is 0 Å². The van der Waals surface area contributed by atoms with E-state index in [1.165, 1.54) is 0 Å². The van der Waals surface area contributed by atoms with E-state index in [1.807, 2.05) is 0 Å². The van der Waals surface area contributed by atoms with E-state index >= 15 is 0 Å². The van der Waals surface area contributed by atoms with Crippen molar-refractivity contribution in [3.8, 4) is 0 Å². The molecule has 0 aromatic carbocycles. The summed E-state index contributed by atoms with van der Waals surface area (Å²) in [5.41, 5.74) is -0.728. The molecule has 150 valence electrons. The smallest absolute Gasteiger partial charge is 0.0616 e. The molecule has 0 fully saturated rings. The molecule has 0 aromatic heterocycles. The van der Waals surface area contributed by atoms with Crippen molar-refractivity contribution in [1.82, 2.24) is 0 Å². The first-order valence-corrected chi connectivity index (χ1v) is 9.09. The van der Waals surface area contributed by atoms with Crippen LogP contribution in [0.5, 0.6) is 0 Å². The minimum Gasteiger partial charge on any atom is -0.396 e. The van der Waals surface area contributed by atoms with Gasteiger partial charge < -0.3 is 30.6 Å². The van der Waals surface area contributed by atoms with Gasteiger partial charge in [-0.1, -0.05) is 25.7 Å². The van der Waals surface area contributed by atoms with Gasteiger partial charge in [0.25, 0.3) is 0 Å². The van der Waals surface area contributed by atoms with Crippen LogP contribution in [0, 0.1) is 0 Å². The summed E-state index contributed by atoms with van der Waals surface area (Å²) in [6.07, 6.45) is 7.69. The number of unbranched alkanes of at least 4 members (excludes halogenated alkanes) is 6. The molecule has 0 spiro atoms. The first kappa shape index (κ1) is 28.6. The van der Waals surface area contributed by atoms with Crippen molar-refractivity contribution in [2.75, 3.05) is 26.4 Å². The lowest BCUT2D eigenvalue weighted by Crippen LogP contribution is -2.24. The highest BCUT2D eigenvalue weighted by molar-refractivity contribution is 4.67. The highest BCUT2D eigenvalue weighted by Gasteiger charge is 2.14. The lowest BCUT2D eigenvalue weighted by atomic mass is 10.0. The summed E-state index contributed by atoms with van der Waals surface area (Å²) >= 11 is 0. The highest BCUT2D eigenvalue weighted by atomic mass is 16.3. The van der Waals surface area contributed by atoms with Crippen molar-refractivity contribution in [3.05, 3.63) is 0 Å². The summed E-state index contributed by atoms with van der Waals surface area (Å²) in [5.74, 6) is 0. The van der Waals surface area contributed by atoms with Gasteiger partial charge in [-0.3, -0.25) is 0 Å². The molecular weight excluding hydrogens is 312 g/mol. The van der Waals surface area contributed by atoms with Gasteiger partial charge in [0.2, 0.25) is 0 Å². The van der Waals surface area contributed by atoms with Gasteiger partial charge in [0.05, 0.1) is 11.7 Å². The van der Waals surface area contributed by atoms with Crippen LogP contribution in [-0.2, 0) is 0 Å². The Bertz CT molecular complexity index is 180. The molecule has 0 bridgehead atoms. The molecule has 0 saturated carbocycles. The summed E-state index contributed by atoms with van der Waals surface area (Å²) in [6.45, 7) is 6.16. The quantitative estimate of drug-likeness (QED) is 0.296. The van der Waals surface area contributed by atoms with Crippen molar-refractivity contribution in [3.63, 3.8) is 0 Å². The minimum atomic E-state index is -0.728. The average molecular weight is 355 g/mol.